The molecule has 4 aromatic rings. The fourth-order valence-electron chi connectivity index (χ4n) is 2.88. The number of methoxy groups -OCH3 is 2. The molecule has 0 saturated carbocycles. The fraction of sp³-hybridized carbons (Fsp3) is 0.136. The average molecular weight is 389 g/mol. The van der Waals surface area contributed by atoms with E-state index < -0.39 is 0 Å². The third-order valence-corrected chi connectivity index (χ3v) is 4.43. The molecule has 0 unspecified atom stereocenters. The maximum absolute atomic E-state index is 12.5. The van der Waals surface area contributed by atoms with Gasteiger partial charge >= 0.3 is 0 Å². The lowest BCUT2D eigenvalue weighted by atomic mass is 10.1. The summed E-state index contributed by atoms with van der Waals surface area (Å²) in [4.78, 5) is 21.1. The van der Waals surface area contributed by atoms with Crippen molar-refractivity contribution in [2.75, 3.05) is 14.2 Å². The van der Waals surface area contributed by atoms with E-state index in [0.717, 1.165) is 11.1 Å². The van der Waals surface area contributed by atoms with Crippen molar-refractivity contribution in [2.45, 2.75) is 6.54 Å². The van der Waals surface area contributed by atoms with E-state index in [1.165, 1.54) is 0 Å². The highest BCUT2D eigenvalue weighted by atomic mass is 16.5. The second-order valence-corrected chi connectivity index (χ2v) is 6.33. The van der Waals surface area contributed by atoms with Crippen LogP contribution in [0.1, 0.15) is 15.9 Å². The molecule has 2 aromatic heterocycles. The highest BCUT2D eigenvalue weighted by molar-refractivity contribution is 5.95. The highest BCUT2D eigenvalue weighted by Crippen LogP contribution is 2.24. The number of oxazole rings is 1. The van der Waals surface area contributed by atoms with E-state index in [4.69, 9.17) is 13.9 Å². The van der Waals surface area contributed by atoms with Gasteiger partial charge < -0.3 is 19.2 Å². The minimum Gasteiger partial charge on any atom is -0.497 e. The molecule has 4 rings (SSSR count). The van der Waals surface area contributed by atoms with Crippen LogP contribution in [-0.2, 0) is 6.54 Å². The molecule has 146 valence electrons. The first-order chi connectivity index (χ1) is 14.2. The SMILES string of the molecule is COc1cc(OC)cc(C(=O)NCc2ccc(-c3nc4ncccc4o3)cc2)c1. The Morgan fingerprint density at radius 1 is 1.03 bits per heavy atom. The Morgan fingerprint density at radius 2 is 1.76 bits per heavy atom. The Morgan fingerprint density at radius 3 is 2.41 bits per heavy atom. The summed E-state index contributed by atoms with van der Waals surface area (Å²) in [6.45, 7) is 0.383. The van der Waals surface area contributed by atoms with Crippen LogP contribution in [0, 0.1) is 0 Å². The molecule has 0 fully saturated rings. The van der Waals surface area contributed by atoms with Gasteiger partial charge in [-0.2, -0.15) is 4.98 Å². The zero-order valence-corrected chi connectivity index (χ0v) is 16.0. The third-order valence-electron chi connectivity index (χ3n) is 4.43. The van der Waals surface area contributed by atoms with E-state index in [0.29, 0.717) is 40.7 Å². The lowest BCUT2D eigenvalue weighted by Crippen LogP contribution is -2.22. The molecule has 0 atom stereocenters. The number of rotatable bonds is 6. The molecule has 0 aliphatic carbocycles. The number of nitrogens with zero attached hydrogens (tertiary/aromatic N) is 2. The normalized spacial score (nSPS) is 10.7. The van der Waals surface area contributed by atoms with Crippen LogP contribution in [0.5, 0.6) is 11.5 Å². The van der Waals surface area contributed by atoms with Gasteiger partial charge in [0, 0.05) is 29.9 Å². The van der Waals surface area contributed by atoms with Gasteiger partial charge in [0.2, 0.25) is 5.89 Å². The molecular weight excluding hydrogens is 370 g/mol. The topological polar surface area (TPSA) is 86.5 Å². The number of carbonyl (C=O) groups excluding carboxylic acids is 1. The number of pyridine rings is 1. The molecule has 29 heavy (non-hydrogen) atoms. The summed E-state index contributed by atoms with van der Waals surface area (Å²) in [5.41, 5.74) is 3.48. The highest BCUT2D eigenvalue weighted by Gasteiger charge is 2.11. The van der Waals surface area contributed by atoms with Gasteiger partial charge in [0.25, 0.3) is 5.91 Å². The second kappa shape index (κ2) is 8.02. The lowest BCUT2D eigenvalue weighted by Gasteiger charge is -2.09. The van der Waals surface area contributed by atoms with E-state index in [1.54, 1.807) is 44.7 Å². The van der Waals surface area contributed by atoms with Gasteiger partial charge in [0.15, 0.2) is 11.2 Å². The Kier molecular flexibility index (Phi) is 5.11. The van der Waals surface area contributed by atoms with E-state index >= 15 is 0 Å². The molecule has 0 aliphatic rings. The molecule has 2 aromatic carbocycles. The van der Waals surface area contributed by atoms with Gasteiger partial charge in [-0.15, -0.1) is 0 Å². The predicted molar refractivity (Wildman–Crippen MR) is 108 cm³/mol. The molecule has 0 bridgehead atoms. The summed E-state index contributed by atoms with van der Waals surface area (Å²) in [6, 6.07) is 16.3. The fourth-order valence-corrected chi connectivity index (χ4v) is 2.88. The van der Waals surface area contributed by atoms with Crippen molar-refractivity contribution in [3.8, 4) is 23.0 Å². The van der Waals surface area contributed by atoms with Crippen molar-refractivity contribution in [3.63, 3.8) is 0 Å². The summed E-state index contributed by atoms with van der Waals surface area (Å²) in [6.07, 6.45) is 1.68. The van der Waals surface area contributed by atoms with Crippen molar-refractivity contribution in [1.29, 1.82) is 0 Å². The van der Waals surface area contributed by atoms with Crippen molar-refractivity contribution in [2.24, 2.45) is 0 Å². The van der Waals surface area contributed by atoms with Crippen LogP contribution in [0.3, 0.4) is 0 Å². The van der Waals surface area contributed by atoms with E-state index in [9.17, 15) is 4.79 Å². The van der Waals surface area contributed by atoms with Gasteiger partial charge in [-0.05, 0) is 42.0 Å². The number of hydrogen-bond acceptors (Lipinski definition) is 6. The molecular formula is C22H19N3O4. The van der Waals surface area contributed by atoms with Crippen LogP contribution >= 0.6 is 0 Å². The molecule has 2 heterocycles. The van der Waals surface area contributed by atoms with Gasteiger partial charge in [0.05, 0.1) is 14.2 Å². The smallest absolute Gasteiger partial charge is 0.251 e. The van der Waals surface area contributed by atoms with Crippen LogP contribution < -0.4 is 14.8 Å². The summed E-state index contributed by atoms with van der Waals surface area (Å²) in [7, 11) is 3.09. The second-order valence-electron chi connectivity index (χ2n) is 6.33. The quantitative estimate of drug-likeness (QED) is 0.539. The van der Waals surface area contributed by atoms with Gasteiger partial charge in [-0.25, -0.2) is 4.98 Å². The molecule has 0 aliphatic heterocycles. The number of benzene rings is 2. The Hall–Kier alpha value is -3.87. The van der Waals surface area contributed by atoms with Crippen molar-refractivity contribution >= 4 is 17.1 Å². The number of carbonyl (C=O) groups is 1. The first kappa shape index (κ1) is 18.5. The monoisotopic (exact) mass is 389 g/mol. The number of aromatic nitrogens is 2. The first-order valence-corrected chi connectivity index (χ1v) is 8.98. The molecule has 1 N–H and O–H groups in total. The largest absolute Gasteiger partial charge is 0.497 e. The predicted octanol–water partition coefficient (Wildman–Crippen LogP) is 3.84. The number of nitrogens with one attached hydrogen (secondary N) is 1. The molecule has 7 nitrogen and oxygen atoms in total. The average Bonchev–Trinajstić information content (AvgIpc) is 3.21. The van der Waals surface area contributed by atoms with Gasteiger partial charge in [-0.3, -0.25) is 4.79 Å². The number of amides is 1. The summed E-state index contributed by atoms with van der Waals surface area (Å²) < 4.78 is 16.1. The standard InChI is InChI=1S/C22H19N3O4/c1-27-17-10-16(11-18(12-17)28-2)21(26)24-13-14-5-7-15(8-6-14)22-25-20-19(29-22)4-3-9-23-20/h3-12H,13H2,1-2H3,(H,24,26). The van der Waals surface area contributed by atoms with Crippen LogP contribution in [0.15, 0.2) is 65.2 Å². The van der Waals surface area contributed by atoms with E-state index in [2.05, 4.69) is 15.3 Å². The summed E-state index contributed by atoms with van der Waals surface area (Å²) in [5, 5.41) is 2.90. The van der Waals surface area contributed by atoms with Crippen molar-refractivity contribution < 1.29 is 18.7 Å². The lowest BCUT2D eigenvalue weighted by molar-refractivity contribution is 0.0950. The zero-order chi connectivity index (χ0) is 20.2. The third kappa shape index (κ3) is 4.03. The molecule has 0 saturated heterocycles. The molecule has 0 radical (unpaired) electrons. The van der Waals surface area contributed by atoms with Crippen molar-refractivity contribution in [1.82, 2.24) is 15.3 Å². The molecule has 1 amide bonds. The summed E-state index contributed by atoms with van der Waals surface area (Å²) in [5.74, 6) is 1.42. The molecule has 0 spiro atoms. The first-order valence-electron chi connectivity index (χ1n) is 8.98. The van der Waals surface area contributed by atoms with E-state index in [1.807, 2.05) is 30.3 Å². The summed E-state index contributed by atoms with van der Waals surface area (Å²) >= 11 is 0. The van der Waals surface area contributed by atoms with Gasteiger partial charge in [0.1, 0.15) is 11.5 Å². The van der Waals surface area contributed by atoms with E-state index in [-0.39, 0.29) is 5.91 Å². The Labute approximate surface area is 167 Å². The van der Waals surface area contributed by atoms with Crippen LogP contribution in [0.4, 0.5) is 0 Å². The number of fused-ring (bicyclic) bond motifs is 1. The Balaban J connectivity index is 1.44. The maximum Gasteiger partial charge on any atom is 0.251 e. The minimum atomic E-state index is -0.212. The number of hydrogen-bond donors (Lipinski definition) is 1. The van der Waals surface area contributed by atoms with Crippen LogP contribution in [0.25, 0.3) is 22.7 Å². The Bertz CT molecular complexity index is 1100. The van der Waals surface area contributed by atoms with Gasteiger partial charge in [-0.1, -0.05) is 12.1 Å². The van der Waals surface area contributed by atoms with Crippen LogP contribution in [0.2, 0.25) is 0 Å². The molecule has 7 heteroatoms. The number of ether oxygens (including phenoxy) is 2. The van der Waals surface area contributed by atoms with Crippen LogP contribution in [-0.4, -0.2) is 30.1 Å². The minimum absolute atomic E-state index is 0.212. The van der Waals surface area contributed by atoms with Crippen molar-refractivity contribution in [3.05, 3.63) is 71.9 Å². The maximum atomic E-state index is 12.5. The zero-order valence-electron chi connectivity index (χ0n) is 16.0.